The molecule has 3 heterocycles. The van der Waals surface area contributed by atoms with Crippen LogP contribution in [0.4, 0.5) is 23.2 Å². The number of amides is 1. The highest BCUT2D eigenvalue weighted by molar-refractivity contribution is 5.99. The monoisotopic (exact) mass is 463 g/mol. The SMILES string of the molecule is CN1CCC(F)(C(=O)N(Cc2ccc(-c3nnc(C(F)F)o3)cn2)c2cccc(F)c2)CC1. The summed E-state index contributed by atoms with van der Waals surface area (Å²) in [5.41, 5.74) is -1.19. The van der Waals surface area contributed by atoms with E-state index >= 15 is 4.39 Å². The summed E-state index contributed by atoms with van der Waals surface area (Å²) >= 11 is 0. The highest BCUT2D eigenvalue weighted by Crippen LogP contribution is 2.32. The van der Waals surface area contributed by atoms with Crippen molar-refractivity contribution in [3.8, 4) is 11.5 Å². The number of likely N-dealkylation sites (tertiary alicyclic amines) is 1. The predicted molar refractivity (Wildman–Crippen MR) is 111 cm³/mol. The number of carbonyl (C=O) groups excluding carboxylic acids is 1. The molecule has 1 saturated heterocycles. The lowest BCUT2D eigenvalue weighted by atomic mass is 9.91. The average molecular weight is 463 g/mol. The van der Waals surface area contributed by atoms with E-state index in [0.717, 1.165) is 6.07 Å². The Morgan fingerprint density at radius 1 is 1.21 bits per heavy atom. The van der Waals surface area contributed by atoms with Crippen LogP contribution < -0.4 is 4.90 Å². The summed E-state index contributed by atoms with van der Waals surface area (Å²) in [4.78, 5) is 20.6. The number of hydrogen-bond donors (Lipinski definition) is 0. The van der Waals surface area contributed by atoms with Crippen LogP contribution in [0.3, 0.4) is 0 Å². The van der Waals surface area contributed by atoms with Gasteiger partial charge in [0.15, 0.2) is 5.67 Å². The van der Waals surface area contributed by atoms with Crippen LogP contribution in [0, 0.1) is 5.82 Å². The number of hydrogen-bond acceptors (Lipinski definition) is 6. The second-order valence-electron chi connectivity index (χ2n) is 7.92. The van der Waals surface area contributed by atoms with Gasteiger partial charge in [-0.3, -0.25) is 9.78 Å². The van der Waals surface area contributed by atoms with Gasteiger partial charge in [-0.25, -0.2) is 8.78 Å². The van der Waals surface area contributed by atoms with E-state index in [1.807, 2.05) is 11.9 Å². The number of nitrogens with zero attached hydrogens (tertiary/aromatic N) is 5. The Morgan fingerprint density at radius 3 is 2.58 bits per heavy atom. The molecule has 0 unspecified atom stereocenters. The van der Waals surface area contributed by atoms with E-state index in [0.29, 0.717) is 24.3 Å². The molecule has 0 aliphatic carbocycles. The molecule has 1 aliphatic rings. The molecule has 1 aliphatic heterocycles. The summed E-state index contributed by atoms with van der Waals surface area (Å²) in [7, 11) is 1.85. The second-order valence-corrected chi connectivity index (χ2v) is 7.92. The van der Waals surface area contributed by atoms with Gasteiger partial charge in [-0.15, -0.1) is 10.2 Å². The first-order valence-corrected chi connectivity index (χ1v) is 10.3. The van der Waals surface area contributed by atoms with Crippen LogP contribution in [0.2, 0.25) is 0 Å². The van der Waals surface area contributed by atoms with Crippen LogP contribution in [0.15, 0.2) is 47.0 Å². The van der Waals surface area contributed by atoms with Gasteiger partial charge in [0.05, 0.1) is 17.8 Å². The minimum atomic E-state index is -2.89. The Bertz CT molecular complexity index is 1110. The van der Waals surface area contributed by atoms with E-state index in [9.17, 15) is 18.0 Å². The molecule has 0 N–H and O–H groups in total. The minimum absolute atomic E-state index is 0.0319. The average Bonchev–Trinajstić information content (AvgIpc) is 3.30. The fraction of sp³-hybridized carbons (Fsp3) is 0.364. The molecule has 0 bridgehead atoms. The van der Waals surface area contributed by atoms with E-state index in [4.69, 9.17) is 4.42 Å². The molecule has 7 nitrogen and oxygen atoms in total. The van der Waals surface area contributed by atoms with E-state index in [1.54, 1.807) is 0 Å². The highest BCUT2D eigenvalue weighted by atomic mass is 19.3. The lowest BCUT2D eigenvalue weighted by molar-refractivity contribution is -0.133. The number of pyridine rings is 1. The van der Waals surface area contributed by atoms with Gasteiger partial charge in [-0.05, 0) is 37.4 Å². The topological polar surface area (TPSA) is 75.4 Å². The van der Waals surface area contributed by atoms with Crippen molar-refractivity contribution in [2.24, 2.45) is 0 Å². The van der Waals surface area contributed by atoms with Crippen LogP contribution in [0.5, 0.6) is 0 Å². The zero-order valence-corrected chi connectivity index (χ0v) is 17.7. The van der Waals surface area contributed by atoms with Crippen molar-refractivity contribution < 1.29 is 26.8 Å². The summed E-state index contributed by atoms with van der Waals surface area (Å²) in [5.74, 6) is -2.25. The second kappa shape index (κ2) is 9.26. The number of rotatable bonds is 6. The third-order valence-electron chi connectivity index (χ3n) is 5.55. The molecule has 1 fully saturated rings. The van der Waals surface area contributed by atoms with E-state index in [2.05, 4.69) is 15.2 Å². The Balaban J connectivity index is 1.59. The van der Waals surface area contributed by atoms with Crippen LogP contribution in [0.1, 0.15) is 30.9 Å². The first kappa shape index (κ1) is 22.8. The fourth-order valence-corrected chi connectivity index (χ4v) is 3.60. The predicted octanol–water partition coefficient (Wildman–Crippen LogP) is 4.18. The van der Waals surface area contributed by atoms with Gasteiger partial charge in [-0.1, -0.05) is 6.07 Å². The van der Waals surface area contributed by atoms with Crippen molar-refractivity contribution in [3.05, 3.63) is 60.0 Å². The molecule has 0 spiro atoms. The van der Waals surface area contributed by atoms with E-state index in [1.165, 1.54) is 41.4 Å². The highest BCUT2D eigenvalue weighted by Gasteiger charge is 2.44. The third kappa shape index (κ3) is 5.03. The van der Waals surface area contributed by atoms with Crippen LogP contribution >= 0.6 is 0 Å². The Hall–Kier alpha value is -3.34. The number of aromatic nitrogens is 3. The van der Waals surface area contributed by atoms with Crippen molar-refractivity contribution in [1.82, 2.24) is 20.1 Å². The Kier molecular flexibility index (Phi) is 6.41. The van der Waals surface area contributed by atoms with Gasteiger partial charge in [0, 0.05) is 37.8 Å². The van der Waals surface area contributed by atoms with Gasteiger partial charge in [0.1, 0.15) is 5.82 Å². The fourth-order valence-electron chi connectivity index (χ4n) is 3.60. The van der Waals surface area contributed by atoms with Crippen molar-refractivity contribution in [2.45, 2.75) is 31.5 Å². The zero-order valence-electron chi connectivity index (χ0n) is 17.7. The molecule has 33 heavy (non-hydrogen) atoms. The Labute approximate surface area is 187 Å². The summed E-state index contributed by atoms with van der Waals surface area (Å²) in [6.45, 7) is 0.740. The van der Waals surface area contributed by atoms with Crippen LogP contribution in [-0.4, -0.2) is 51.8 Å². The lowest BCUT2D eigenvalue weighted by Crippen LogP contribution is -2.51. The molecule has 174 valence electrons. The maximum absolute atomic E-state index is 15.6. The smallest absolute Gasteiger partial charge is 0.314 e. The quantitative estimate of drug-likeness (QED) is 0.511. The van der Waals surface area contributed by atoms with Crippen molar-refractivity contribution in [2.75, 3.05) is 25.0 Å². The maximum atomic E-state index is 15.6. The van der Waals surface area contributed by atoms with Gasteiger partial charge in [0.25, 0.3) is 11.8 Å². The molecule has 2 aromatic heterocycles. The summed E-state index contributed by atoms with van der Waals surface area (Å²) in [6, 6.07) is 8.41. The molecule has 3 aromatic rings. The number of piperidine rings is 1. The third-order valence-corrected chi connectivity index (χ3v) is 5.55. The Morgan fingerprint density at radius 2 is 1.97 bits per heavy atom. The molecule has 0 saturated carbocycles. The number of benzene rings is 1. The molecular weight excluding hydrogens is 442 g/mol. The van der Waals surface area contributed by atoms with Gasteiger partial charge in [-0.2, -0.15) is 8.78 Å². The number of halogens is 4. The standard InChI is InChI=1S/C22H21F4N5O2/c1-30-9-7-22(26,8-10-30)21(32)31(17-4-2-3-15(23)11-17)13-16-6-5-14(12-27-16)19-28-29-20(33-19)18(24)25/h2-6,11-12,18H,7-10,13H2,1H3. The number of alkyl halides is 3. The summed E-state index contributed by atoms with van der Waals surface area (Å²) in [5, 5.41) is 6.83. The molecule has 1 amide bonds. The summed E-state index contributed by atoms with van der Waals surface area (Å²) in [6.07, 6.45) is -1.50. The summed E-state index contributed by atoms with van der Waals surface area (Å²) < 4.78 is 59.7. The zero-order chi connectivity index (χ0) is 23.6. The van der Waals surface area contributed by atoms with Gasteiger partial charge in [0.2, 0.25) is 5.89 Å². The molecule has 4 rings (SSSR count). The molecule has 0 radical (unpaired) electrons. The van der Waals surface area contributed by atoms with Crippen LogP contribution in [0.25, 0.3) is 11.5 Å². The maximum Gasteiger partial charge on any atom is 0.314 e. The molecule has 0 atom stereocenters. The van der Waals surface area contributed by atoms with Crippen molar-refractivity contribution in [1.29, 1.82) is 0 Å². The van der Waals surface area contributed by atoms with Gasteiger partial charge < -0.3 is 14.2 Å². The van der Waals surface area contributed by atoms with E-state index < -0.39 is 29.7 Å². The largest absolute Gasteiger partial charge is 0.415 e. The van der Waals surface area contributed by atoms with Crippen LogP contribution in [-0.2, 0) is 11.3 Å². The number of anilines is 1. The first-order chi connectivity index (χ1) is 15.7. The normalized spacial score (nSPS) is 16.2. The molecular formula is C22H21F4N5O2. The first-order valence-electron chi connectivity index (χ1n) is 10.3. The van der Waals surface area contributed by atoms with Crippen molar-refractivity contribution >= 4 is 11.6 Å². The van der Waals surface area contributed by atoms with Gasteiger partial charge >= 0.3 is 6.43 Å². The number of carbonyl (C=O) groups is 1. The minimum Gasteiger partial charge on any atom is -0.415 e. The lowest BCUT2D eigenvalue weighted by Gasteiger charge is -2.37. The molecule has 1 aromatic carbocycles. The van der Waals surface area contributed by atoms with Crippen molar-refractivity contribution in [3.63, 3.8) is 0 Å². The van der Waals surface area contributed by atoms with E-state index in [-0.39, 0.29) is 31.0 Å². The molecule has 11 heteroatoms.